The van der Waals surface area contributed by atoms with E-state index in [1.54, 1.807) is 0 Å². The van der Waals surface area contributed by atoms with Crippen molar-refractivity contribution in [1.82, 2.24) is 9.80 Å². The van der Waals surface area contributed by atoms with Crippen LogP contribution in [0, 0.1) is 0 Å². The highest BCUT2D eigenvalue weighted by atomic mass is 16.5. The molecule has 32 heavy (non-hydrogen) atoms. The van der Waals surface area contributed by atoms with Crippen molar-refractivity contribution in [1.29, 1.82) is 0 Å². The van der Waals surface area contributed by atoms with Crippen molar-refractivity contribution in [2.75, 3.05) is 26.3 Å². The van der Waals surface area contributed by atoms with E-state index in [1.807, 2.05) is 57.2 Å². The highest BCUT2D eigenvalue weighted by Gasteiger charge is 2.42. The highest BCUT2D eigenvalue weighted by molar-refractivity contribution is 6.35. The van der Waals surface area contributed by atoms with Gasteiger partial charge in [-0.2, -0.15) is 0 Å². The van der Waals surface area contributed by atoms with Gasteiger partial charge in [0.1, 0.15) is 11.4 Å². The molecule has 0 bridgehead atoms. The summed E-state index contributed by atoms with van der Waals surface area (Å²) in [5.74, 6) is 0.232. The highest BCUT2D eigenvalue weighted by Crippen LogP contribution is 2.34. The maximum atomic E-state index is 13.5. The number of carbonyl (C=O) groups is 2. The van der Waals surface area contributed by atoms with Gasteiger partial charge in [0.05, 0.1) is 31.4 Å². The molecule has 2 amide bonds. The lowest BCUT2D eigenvalue weighted by atomic mass is 9.98. The Kier molecular flexibility index (Phi) is 6.61. The summed E-state index contributed by atoms with van der Waals surface area (Å²) in [7, 11) is 0. The van der Waals surface area contributed by atoms with Crippen LogP contribution in [0.25, 0.3) is 5.57 Å². The van der Waals surface area contributed by atoms with Crippen LogP contribution < -0.4 is 4.74 Å². The first-order chi connectivity index (χ1) is 15.5. The molecule has 0 saturated heterocycles. The lowest BCUT2D eigenvalue weighted by molar-refractivity contribution is -0.138. The molecule has 0 atom stereocenters. The molecule has 0 saturated carbocycles. The number of ether oxygens (including phenoxy) is 2. The second-order valence-electron chi connectivity index (χ2n) is 8.30. The van der Waals surface area contributed by atoms with Crippen molar-refractivity contribution in [3.63, 3.8) is 0 Å². The Morgan fingerprint density at radius 2 is 1.69 bits per heavy atom. The molecule has 0 fully saturated rings. The van der Waals surface area contributed by atoms with Crippen LogP contribution >= 0.6 is 0 Å². The zero-order valence-electron chi connectivity index (χ0n) is 19.0. The van der Waals surface area contributed by atoms with Gasteiger partial charge in [-0.15, -0.1) is 0 Å². The number of hydrogen-bond donors (Lipinski definition) is 0. The molecule has 0 N–H and O–H groups in total. The second-order valence-corrected chi connectivity index (χ2v) is 8.30. The fraction of sp³-hybridized carbons (Fsp3) is 0.385. The van der Waals surface area contributed by atoms with Crippen LogP contribution in [-0.2, 0) is 27.3 Å². The van der Waals surface area contributed by atoms with Crippen LogP contribution in [0.15, 0.2) is 54.2 Å². The van der Waals surface area contributed by atoms with E-state index in [1.165, 1.54) is 16.0 Å². The molecule has 2 aromatic rings. The zero-order valence-corrected chi connectivity index (χ0v) is 19.0. The lowest BCUT2D eigenvalue weighted by Crippen LogP contribution is -2.39. The van der Waals surface area contributed by atoms with Crippen molar-refractivity contribution in [2.45, 2.75) is 39.8 Å². The monoisotopic (exact) mass is 434 g/mol. The molecule has 2 heterocycles. The Hall–Kier alpha value is -3.12. The van der Waals surface area contributed by atoms with Gasteiger partial charge < -0.3 is 14.4 Å². The lowest BCUT2D eigenvalue weighted by Gasteiger charge is -2.31. The van der Waals surface area contributed by atoms with Crippen molar-refractivity contribution < 1.29 is 19.1 Å². The fourth-order valence-electron chi connectivity index (χ4n) is 4.27. The van der Waals surface area contributed by atoms with E-state index in [4.69, 9.17) is 9.47 Å². The average Bonchev–Trinajstić information content (AvgIpc) is 3.04. The van der Waals surface area contributed by atoms with Crippen molar-refractivity contribution in [3.05, 3.63) is 70.9 Å². The molecule has 6 nitrogen and oxygen atoms in total. The molecule has 2 aromatic carbocycles. The first-order valence-corrected chi connectivity index (χ1v) is 11.3. The zero-order chi connectivity index (χ0) is 22.7. The number of benzene rings is 2. The number of fused-ring (bicyclic) bond motifs is 1. The summed E-state index contributed by atoms with van der Waals surface area (Å²) in [4.78, 5) is 30.3. The summed E-state index contributed by atoms with van der Waals surface area (Å²) < 4.78 is 11.2. The molecular weight excluding hydrogens is 404 g/mol. The molecule has 0 spiro atoms. The van der Waals surface area contributed by atoms with Crippen LogP contribution in [0.1, 0.15) is 37.5 Å². The summed E-state index contributed by atoms with van der Waals surface area (Å²) in [5, 5.41) is 0. The van der Waals surface area contributed by atoms with Crippen LogP contribution in [0.5, 0.6) is 5.75 Å². The van der Waals surface area contributed by atoms with Crippen LogP contribution in [-0.4, -0.2) is 54.0 Å². The van der Waals surface area contributed by atoms with Gasteiger partial charge in [0.15, 0.2) is 0 Å². The minimum absolute atomic E-state index is 0.0411. The summed E-state index contributed by atoms with van der Waals surface area (Å²) in [6, 6.07) is 15.7. The topological polar surface area (TPSA) is 59.1 Å². The Bertz CT molecular complexity index is 1030. The van der Waals surface area contributed by atoms with E-state index in [9.17, 15) is 9.59 Å². The predicted molar refractivity (Wildman–Crippen MR) is 123 cm³/mol. The number of carbonyl (C=O) groups excluding carboxylic acids is 2. The number of imide groups is 1. The second kappa shape index (κ2) is 9.57. The maximum Gasteiger partial charge on any atom is 0.277 e. The predicted octanol–water partition coefficient (Wildman–Crippen LogP) is 3.65. The van der Waals surface area contributed by atoms with Crippen molar-refractivity contribution in [2.24, 2.45) is 0 Å². The first kappa shape index (κ1) is 22.1. The van der Waals surface area contributed by atoms with E-state index in [-0.39, 0.29) is 24.5 Å². The SMILES string of the molecule is CCOc1ccc(C2=C(N3CCc4ccccc4C3)C(=O)N(CCOC(C)C)C2=O)cc1. The maximum absolute atomic E-state index is 13.5. The summed E-state index contributed by atoms with van der Waals surface area (Å²) in [6.07, 6.45) is 0.883. The molecule has 168 valence electrons. The minimum Gasteiger partial charge on any atom is -0.494 e. The standard InChI is InChI=1S/C26H30N2O4/c1-4-31-22-11-9-20(10-12-22)23-24(26(30)28(25(23)29)15-16-32-18(2)3)27-14-13-19-7-5-6-8-21(19)17-27/h5-12,18H,4,13-17H2,1-3H3. The summed E-state index contributed by atoms with van der Waals surface area (Å²) in [6.45, 7) is 8.25. The summed E-state index contributed by atoms with van der Waals surface area (Å²) in [5.41, 5.74) is 4.16. The average molecular weight is 435 g/mol. The third kappa shape index (κ3) is 4.41. The van der Waals surface area contributed by atoms with E-state index in [0.717, 1.165) is 17.7 Å². The van der Waals surface area contributed by atoms with Crippen LogP contribution in [0.2, 0.25) is 0 Å². The normalized spacial score (nSPS) is 16.2. The van der Waals surface area contributed by atoms with Gasteiger partial charge in [0.25, 0.3) is 11.8 Å². The van der Waals surface area contributed by atoms with E-state index >= 15 is 0 Å². The summed E-state index contributed by atoms with van der Waals surface area (Å²) >= 11 is 0. The van der Waals surface area contributed by atoms with Crippen LogP contribution in [0.4, 0.5) is 0 Å². The van der Waals surface area contributed by atoms with Gasteiger partial charge in [-0.3, -0.25) is 14.5 Å². The van der Waals surface area contributed by atoms with Crippen molar-refractivity contribution in [3.8, 4) is 5.75 Å². The minimum atomic E-state index is -0.264. The van der Waals surface area contributed by atoms with Crippen molar-refractivity contribution >= 4 is 17.4 Å². The Morgan fingerprint density at radius 1 is 0.969 bits per heavy atom. The van der Waals surface area contributed by atoms with E-state index in [2.05, 4.69) is 17.0 Å². The molecule has 2 aliphatic rings. The van der Waals surface area contributed by atoms with Gasteiger partial charge in [-0.25, -0.2) is 0 Å². The van der Waals surface area contributed by atoms with Gasteiger partial charge in [0.2, 0.25) is 0 Å². The first-order valence-electron chi connectivity index (χ1n) is 11.3. The number of amides is 2. The molecule has 6 heteroatoms. The Morgan fingerprint density at radius 3 is 2.38 bits per heavy atom. The fourth-order valence-corrected chi connectivity index (χ4v) is 4.27. The molecule has 0 aromatic heterocycles. The van der Waals surface area contributed by atoms with Gasteiger partial charge in [0, 0.05) is 13.1 Å². The molecule has 0 unspecified atom stereocenters. The Balaban J connectivity index is 1.68. The third-order valence-corrected chi connectivity index (χ3v) is 5.81. The molecule has 0 radical (unpaired) electrons. The molecular formula is C26H30N2O4. The largest absolute Gasteiger partial charge is 0.494 e. The van der Waals surface area contributed by atoms with E-state index in [0.29, 0.717) is 37.6 Å². The van der Waals surface area contributed by atoms with Crippen LogP contribution in [0.3, 0.4) is 0 Å². The van der Waals surface area contributed by atoms with E-state index < -0.39 is 0 Å². The molecule has 4 rings (SSSR count). The Labute approximate surface area is 189 Å². The van der Waals surface area contributed by atoms with Gasteiger partial charge >= 0.3 is 0 Å². The van der Waals surface area contributed by atoms with Gasteiger partial charge in [-0.1, -0.05) is 36.4 Å². The quantitative estimate of drug-likeness (QED) is 0.594. The van der Waals surface area contributed by atoms with Gasteiger partial charge in [-0.05, 0) is 56.0 Å². The third-order valence-electron chi connectivity index (χ3n) is 5.81. The number of rotatable bonds is 8. The smallest absolute Gasteiger partial charge is 0.277 e. The molecule has 0 aliphatic carbocycles. The number of hydrogen-bond acceptors (Lipinski definition) is 5. The molecule has 2 aliphatic heterocycles. The number of nitrogens with zero attached hydrogens (tertiary/aromatic N) is 2.